The van der Waals surface area contributed by atoms with Gasteiger partial charge < -0.3 is 5.32 Å². The van der Waals surface area contributed by atoms with Crippen LogP contribution in [-0.2, 0) is 20.0 Å². The van der Waals surface area contributed by atoms with Crippen molar-refractivity contribution in [1.82, 2.24) is 24.9 Å². The van der Waals surface area contributed by atoms with Crippen molar-refractivity contribution < 1.29 is 0 Å². The van der Waals surface area contributed by atoms with Gasteiger partial charge in [0.1, 0.15) is 0 Å². The first-order valence-corrected chi connectivity index (χ1v) is 7.32. The Kier molecular flexibility index (Phi) is 5.36. The highest BCUT2D eigenvalue weighted by Crippen LogP contribution is 2.06. The Morgan fingerprint density at radius 3 is 2.74 bits per heavy atom. The summed E-state index contributed by atoms with van der Waals surface area (Å²) in [7, 11) is 4.24. The Morgan fingerprint density at radius 2 is 2.11 bits per heavy atom. The van der Waals surface area contributed by atoms with Crippen molar-refractivity contribution in [2.45, 2.75) is 19.9 Å². The Hall–Kier alpha value is -0.910. The Labute approximate surface area is 116 Å². The molecule has 5 heteroatoms. The third kappa shape index (κ3) is 4.30. The number of hydrogen-bond acceptors (Lipinski definition) is 4. The summed E-state index contributed by atoms with van der Waals surface area (Å²) in [5, 5.41) is 7.90. The summed E-state index contributed by atoms with van der Waals surface area (Å²) in [5.41, 5.74) is 2.49. The van der Waals surface area contributed by atoms with Crippen LogP contribution in [0.15, 0.2) is 6.07 Å². The molecule has 0 spiro atoms. The van der Waals surface area contributed by atoms with Gasteiger partial charge in [0, 0.05) is 52.9 Å². The van der Waals surface area contributed by atoms with Crippen molar-refractivity contribution in [1.29, 1.82) is 0 Å². The maximum atomic E-state index is 4.50. The van der Waals surface area contributed by atoms with E-state index in [9.17, 15) is 0 Å². The van der Waals surface area contributed by atoms with Crippen LogP contribution in [0, 0.1) is 0 Å². The first-order valence-electron chi connectivity index (χ1n) is 7.32. The normalized spacial score (nSPS) is 17.3. The molecule has 1 aliphatic rings. The topological polar surface area (TPSA) is 36.3 Å². The van der Waals surface area contributed by atoms with E-state index in [1.807, 2.05) is 11.7 Å². The van der Waals surface area contributed by atoms with Crippen LogP contribution >= 0.6 is 0 Å². The smallest absolute Gasteiger partial charge is 0.0625 e. The monoisotopic (exact) mass is 265 g/mol. The van der Waals surface area contributed by atoms with E-state index in [2.05, 4.69) is 40.3 Å². The second kappa shape index (κ2) is 7.03. The average Bonchev–Trinajstić information content (AvgIpc) is 2.78. The summed E-state index contributed by atoms with van der Waals surface area (Å²) in [6, 6.07) is 2.22. The van der Waals surface area contributed by atoms with E-state index in [4.69, 9.17) is 0 Å². The molecule has 0 saturated carbocycles. The zero-order valence-electron chi connectivity index (χ0n) is 12.5. The standard InChI is InChI=1S/C14H27N5/c1-4-13-11-14(18(3)16-13)12-17(2)9-10-19-7-5-15-6-8-19/h11,15H,4-10,12H2,1-3H3. The van der Waals surface area contributed by atoms with Crippen LogP contribution < -0.4 is 5.32 Å². The third-order valence-corrected chi connectivity index (χ3v) is 3.83. The highest BCUT2D eigenvalue weighted by atomic mass is 15.3. The lowest BCUT2D eigenvalue weighted by Gasteiger charge is -2.29. The van der Waals surface area contributed by atoms with Crippen molar-refractivity contribution in [2.75, 3.05) is 46.3 Å². The molecule has 2 heterocycles. The number of aromatic nitrogens is 2. The van der Waals surface area contributed by atoms with Gasteiger partial charge in [-0.1, -0.05) is 6.92 Å². The Balaban J connectivity index is 1.76. The van der Waals surface area contributed by atoms with Gasteiger partial charge in [0.15, 0.2) is 0 Å². The summed E-state index contributed by atoms with van der Waals surface area (Å²) in [5.74, 6) is 0. The van der Waals surface area contributed by atoms with Gasteiger partial charge in [-0.3, -0.25) is 14.5 Å². The fourth-order valence-corrected chi connectivity index (χ4v) is 2.49. The number of rotatable bonds is 6. The number of aryl methyl sites for hydroxylation is 2. The Bertz CT molecular complexity index is 381. The van der Waals surface area contributed by atoms with Crippen molar-refractivity contribution >= 4 is 0 Å². The van der Waals surface area contributed by atoms with Crippen LogP contribution in [0.2, 0.25) is 0 Å². The molecule has 2 rings (SSSR count). The molecule has 0 bridgehead atoms. The second-order valence-corrected chi connectivity index (χ2v) is 5.43. The van der Waals surface area contributed by atoms with E-state index in [1.165, 1.54) is 24.5 Å². The molecule has 5 nitrogen and oxygen atoms in total. The highest BCUT2D eigenvalue weighted by molar-refractivity contribution is 5.09. The minimum atomic E-state index is 0.982. The van der Waals surface area contributed by atoms with Gasteiger partial charge in [0.25, 0.3) is 0 Å². The number of nitrogens with zero attached hydrogens (tertiary/aromatic N) is 4. The fourth-order valence-electron chi connectivity index (χ4n) is 2.49. The lowest BCUT2D eigenvalue weighted by molar-refractivity contribution is 0.200. The predicted molar refractivity (Wildman–Crippen MR) is 78.2 cm³/mol. The average molecular weight is 265 g/mol. The molecule has 108 valence electrons. The first-order chi connectivity index (χ1) is 9.19. The molecule has 0 radical (unpaired) electrons. The van der Waals surface area contributed by atoms with Crippen LogP contribution in [0.1, 0.15) is 18.3 Å². The minimum Gasteiger partial charge on any atom is -0.314 e. The van der Waals surface area contributed by atoms with Gasteiger partial charge >= 0.3 is 0 Å². The van der Waals surface area contributed by atoms with Gasteiger partial charge in [0.2, 0.25) is 0 Å². The molecule has 0 aromatic carbocycles. The zero-order valence-corrected chi connectivity index (χ0v) is 12.5. The Morgan fingerprint density at radius 1 is 1.37 bits per heavy atom. The van der Waals surface area contributed by atoms with Crippen LogP contribution in [-0.4, -0.2) is 65.9 Å². The van der Waals surface area contributed by atoms with E-state index >= 15 is 0 Å². The summed E-state index contributed by atoms with van der Waals surface area (Å²) in [4.78, 5) is 4.92. The van der Waals surface area contributed by atoms with E-state index in [1.54, 1.807) is 0 Å². The molecule has 1 aliphatic heterocycles. The second-order valence-electron chi connectivity index (χ2n) is 5.43. The lowest BCUT2D eigenvalue weighted by atomic mass is 10.3. The van der Waals surface area contributed by atoms with E-state index < -0.39 is 0 Å². The minimum absolute atomic E-state index is 0.982. The van der Waals surface area contributed by atoms with Crippen LogP contribution in [0.3, 0.4) is 0 Å². The number of piperazine rings is 1. The van der Waals surface area contributed by atoms with Crippen LogP contribution in [0.5, 0.6) is 0 Å². The first kappa shape index (κ1) is 14.5. The number of hydrogen-bond donors (Lipinski definition) is 1. The summed E-state index contributed by atoms with van der Waals surface area (Å²) in [6.07, 6.45) is 1.01. The molecule has 0 atom stereocenters. The predicted octanol–water partition coefficient (Wildman–Crippen LogP) is 0.320. The van der Waals surface area contributed by atoms with Crippen molar-refractivity contribution in [2.24, 2.45) is 7.05 Å². The van der Waals surface area contributed by atoms with Crippen molar-refractivity contribution in [3.63, 3.8) is 0 Å². The molecule has 1 N–H and O–H groups in total. The van der Waals surface area contributed by atoms with E-state index in [0.717, 1.165) is 39.1 Å². The maximum Gasteiger partial charge on any atom is 0.0625 e. The van der Waals surface area contributed by atoms with Gasteiger partial charge in [-0.2, -0.15) is 5.10 Å². The molecule has 1 aromatic rings. The quantitative estimate of drug-likeness (QED) is 0.804. The third-order valence-electron chi connectivity index (χ3n) is 3.83. The summed E-state index contributed by atoms with van der Waals surface area (Å²) >= 11 is 0. The van der Waals surface area contributed by atoms with Crippen LogP contribution in [0.25, 0.3) is 0 Å². The highest BCUT2D eigenvalue weighted by Gasteiger charge is 2.11. The maximum absolute atomic E-state index is 4.50. The van der Waals surface area contributed by atoms with Gasteiger partial charge in [0.05, 0.1) is 11.4 Å². The number of likely N-dealkylation sites (N-methyl/N-ethyl adjacent to an activating group) is 1. The largest absolute Gasteiger partial charge is 0.314 e. The molecule has 1 fully saturated rings. The van der Waals surface area contributed by atoms with E-state index in [-0.39, 0.29) is 0 Å². The zero-order chi connectivity index (χ0) is 13.7. The van der Waals surface area contributed by atoms with Crippen LogP contribution in [0.4, 0.5) is 0 Å². The molecule has 0 aliphatic carbocycles. The van der Waals surface area contributed by atoms with Gasteiger partial charge in [-0.05, 0) is 19.5 Å². The fraction of sp³-hybridized carbons (Fsp3) is 0.786. The number of nitrogens with one attached hydrogen (secondary N) is 1. The molecular weight excluding hydrogens is 238 g/mol. The van der Waals surface area contributed by atoms with Gasteiger partial charge in [-0.15, -0.1) is 0 Å². The molecule has 0 amide bonds. The molecular formula is C14H27N5. The van der Waals surface area contributed by atoms with E-state index in [0.29, 0.717) is 0 Å². The molecule has 0 unspecified atom stereocenters. The lowest BCUT2D eigenvalue weighted by Crippen LogP contribution is -2.45. The summed E-state index contributed by atoms with van der Waals surface area (Å²) < 4.78 is 2.01. The SMILES string of the molecule is CCc1cc(CN(C)CCN2CCNCC2)n(C)n1. The summed E-state index contributed by atoms with van der Waals surface area (Å²) in [6.45, 7) is 10.0. The van der Waals surface area contributed by atoms with Gasteiger partial charge in [-0.25, -0.2) is 0 Å². The molecule has 19 heavy (non-hydrogen) atoms. The molecule has 1 aromatic heterocycles. The van der Waals surface area contributed by atoms with Crippen molar-refractivity contribution in [3.8, 4) is 0 Å². The van der Waals surface area contributed by atoms with Crippen molar-refractivity contribution in [3.05, 3.63) is 17.5 Å². The molecule has 1 saturated heterocycles.